The first-order valence-corrected chi connectivity index (χ1v) is 11.6. The average molecular weight is 418 g/mol. The predicted molar refractivity (Wildman–Crippen MR) is 119 cm³/mol. The second-order valence-electron chi connectivity index (χ2n) is 9.32. The van der Waals surface area contributed by atoms with Crippen molar-refractivity contribution in [2.24, 2.45) is 17.3 Å². The molecular formula is C25H39NO4. The van der Waals surface area contributed by atoms with Crippen LogP contribution in [0.5, 0.6) is 0 Å². The van der Waals surface area contributed by atoms with E-state index in [2.05, 4.69) is 17.4 Å². The van der Waals surface area contributed by atoms with Gasteiger partial charge < -0.3 is 20.4 Å². The first kappa shape index (κ1) is 23.4. The van der Waals surface area contributed by atoms with Gasteiger partial charge in [-0.05, 0) is 50.1 Å². The van der Waals surface area contributed by atoms with Gasteiger partial charge in [0.15, 0.2) is 0 Å². The fourth-order valence-electron chi connectivity index (χ4n) is 5.52. The van der Waals surface area contributed by atoms with E-state index in [9.17, 15) is 20.4 Å². The minimum Gasteiger partial charge on any atom is -0.393 e. The van der Waals surface area contributed by atoms with Gasteiger partial charge >= 0.3 is 0 Å². The molecule has 2 unspecified atom stereocenters. The second kappa shape index (κ2) is 10.9. The number of nitrogens with one attached hydrogen (secondary N) is 1. The van der Waals surface area contributed by atoms with Crippen LogP contribution in [0.25, 0.3) is 0 Å². The zero-order chi connectivity index (χ0) is 21.6. The van der Waals surface area contributed by atoms with Crippen molar-refractivity contribution < 1.29 is 20.4 Å². The predicted octanol–water partition coefficient (Wildman–Crippen LogP) is 2.77. The Morgan fingerprint density at radius 1 is 1.10 bits per heavy atom. The summed E-state index contributed by atoms with van der Waals surface area (Å²) in [6.07, 6.45) is 7.85. The molecule has 0 saturated heterocycles. The summed E-state index contributed by atoms with van der Waals surface area (Å²) in [6.45, 7) is 2.69. The highest BCUT2D eigenvalue weighted by Gasteiger charge is 2.48. The highest BCUT2D eigenvalue weighted by Crippen LogP contribution is 2.50. The smallest absolute Gasteiger partial charge is 0.110 e. The number of hydrogen-bond acceptors (Lipinski definition) is 5. The Morgan fingerprint density at radius 2 is 1.80 bits per heavy atom. The van der Waals surface area contributed by atoms with Gasteiger partial charge in [-0.1, -0.05) is 62.2 Å². The molecule has 2 fully saturated rings. The van der Waals surface area contributed by atoms with Crippen LogP contribution >= 0.6 is 0 Å². The third-order valence-electron chi connectivity index (χ3n) is 7.26. The van der Waals surface area contributed by atoms with E-state index in [0.717, 1.165) is 32.1 Å². The van der Waals surface area contributed by atoms with E-state index < -0.39 is 24.5 Å². The Kier molecular flexibility index (Phi) is 8.49. The average Bonchev–Trinajstić information content (AvgIpc) is 3.31. The monoisotopic (exact) mass is 417 g/mol. The standard InChI is InChI=1S/C25H39NO4/c1-2-26-24(30)25(14-6-7-15-25)17-21-20(22(28)16-23(21)29)13-12-19(27)11-10-18-8-4-3-5-9-18/h3-5,8-9,12-13,19-24,26-30H,2,6-7,10-11,14-17H2,1H3/b13-12+/t19-,20+,21?,22+,23-,24?/m0/s1. The molecule has 2 aliphatic rings. The maximum atomic E-state index is 10.8. The molecule has 0 bridgehead atoms. The summed E-state index contributed by atoms with van der Waals surface area (Å²) in [6, 6.07) is 10.1. The molecule has 2 aliphatic carbocycles. The van der Waals surface area contributed by atoms with Gasteiger partial charge in [-0.3, -0.25) is 5.32 Å². The Bertz CT molecular complexity index is 658. The maximum absolute atomic E-state index is 10.8. The van der Waals surface area contributed by atoms with Gasteiger partial charge in [0.05, 0.1) is 18.3 Å². The third-order valence-corrected chi connectivity index (χ3v) is 7.26. The van der Waals surface area contributed by atoms with E-state index in [1.54, 1.807) is 6.08 Å². The summed E-state index contributed by atoms with van der Waals surface area (Å²) >= 11 is 0. The fraction of sp³-hybridized carbons (Fsp3) is 0.680. The molecule has 2 saturated carbocycles. The van der Waals surface area contributed by atoms with Crippen molar-refractivity contribution in [2.75, 3.05) is 6.54 Å². The normalized spacial score (nSPS) is 30.7. The van der Waals surface area contributed by atoms with Crippen LogP contribution in [0.4, 0.5) is 0 Å². The van der Waals surface area contributed by atoms with Crippen LogP contribution in [0.2, 0.25) is 0 Å². The Hall–Kier alpha value is -1.24. The van der Waals surface area contributed by atoms with Gasteiger partial charge in [-0.15, -0.1) is 0 Å². The van der Waals surface area contributed by atoms with Crippen LogP contribution in [0.3, 0.4) is 0 Å². The van der Waals surface area contributed by atoms with Gasteiger partial charge in [-0.25, -0.2) is 0 Å². The molecule has 0 heterocycles. The lowest BCUT2D eigenvalue weighted by atomic mass is 9.72. The molecule has 0 aliphatic heterocycles. The zero-order valence-corrected chi connectivity index (χ0v) is 18.2. The summed E-state index contributed by atoms with van der Waals surface area (Å²) in [7, 11) is 0. The van der Waals surface area contributed by atoms with Crippen molar-refractivity contribution in [3.63, 3.8) is 0 Å². The highest BCUT2D eigenvalue weighted by molar-refractivity contribution is 5.15. The van der Waals surface area contributed by atoms with Gasteiger partial charge in [0.1, 0.15) is 6.23 Å². The van der Waals surface area contributed by atoms with Crippen LogP contribution in [-0.2, 0) is 6.42 Å². The van der Waals surface area contributed by atoms with Crippen molar-refractivity contribution in [2.45, 2.75) is 82.8 Å². The largest absolute Gasteiger partial charge is 0.393 e. The topological polar surface area (TPSA) is 93.0 Å². The third kappa shape index (κ3) is 5.71. The maximum Gasteiger partial charge on any atom is 0.110 e. The van der Waals surface area contributed by atoms with E-state index in [0.29, 0.717) is 25.8 Å². The van der Waals surface area contributed by atoms with Crippen LogP contribution in [0.15, 0.2) is 42.5 Å². The Morgan fingerprint density at radius 3 is 2.47 bits per heavy atom. The zero-order valence-electron chi connectivity index (χ0n) is 18.2. The summed E-state index contributed by atoms with van der Waals surface area (Å²) in [5.41, 5.74) is 0.948. The molecule has 0 aromatic heterocycles. The van der Waals surface area contributed by atoms with E-state index in [1.165, 1.54) is 5.56 Å². The van der Waals surface area contributed by atoms with E-state index in [-0.39, 0.29) is 17.3 Å². The number of aliphatic hydroxyl groups is 4. The molecule has 168 valence electrons. The van der Waals surface area contributed by atoms with Crippen molar-refractivity contribution >= 4 is 0 Å². The quantitative estimate of drug-likeness (QED) is 0.298. The first-order valence-electron chi connectivity index (χ1n) is 11.6. The van der Waals surface area contributed by atoms with Gasteiger partial charge in [0.2, 0.25) is 0 Å². The summed E-state index contributed by atoms with van der Waals surface area (Å²) in [5.74, 6) is -0.304. The summed E-state index contributed by atoms with van der Waals surface area (Å²) in [5, 5.41) is 45.6. The molecule has 3 rings (SSSR count). The number of hydrogen-bond donors (Lipinski definition) is 5. The summed E-state index contributed by atoms with van der Waals surface area (Å²) in [4.78, 5) is 0. The molecule has 0 amide bonds. The SMILES string of the molecule is CCNC(O)C1(CC2[C@@H](/C=C/[C@@H](O)CCc3ccccc3)[C@H](O)C[C@@H]2O)CCCC1. The van der Waals surface area contributed by atoms with Crippen LogP contribution < -0.4 is 5.32 Å². The lowest BCUT2D eigenvalue weighted by Crippen LogP contribution is -2.46. The van der Waals surface area contributed by atoms with Crippen molar-refractivity contribution in [3.05, 3.63) is 48.0 Å². The highest BCUT2D eigenvalue weighted by atomic mass is 16.3. The van der Waals surface area contributed by atoms with Crippen molar-refractivity contribution in [3.8, 4) is 0 Å². The molecule has 30 heavy (non-hydrogen) atoms. The fourth-order valence-corrected chi connectivity index (χ4v) is 5.52. The molecule has 5 nitrogen and oxygen atoms in total. The molecular weight excluding hydrogens is 378 g/mol. The summed E-state index contributed by atoms with van der Waals surface area (Å²) < 4.78 is 0. The lowest BCUT2D eigenvalue weighted by Gasteiger charge is -2.38. The molecule has 0 spiro atoms. The minimum absolute atomic E-state index is 0.107. The number of aryl methyl sites for hydroxylation is 1. The van der Waals surface area contributed by atoms with E-state index >= 15 is 0 Å². The van der Waals surface area contributed by atoms with Crippen LogP contribution in [0.1, 0.15) is 57.4 Å². The Labute approximate surface area is 180 Å². The molecule has 1 aromatic rings. The van der Waals surface area contributed by atoms with Gasteiger partial charge in [0, 0.05) is 17.8 Å². The van der Waals surface area contributed by atoms with E-state index in [4.69, 9.17) is 0 Å². The number of benzene rings is 1. The number of rotatable bonds is 10. The molecule has 6 atom stereocenters. The first-order chi connectivity index (χ1) is 14.4. The van der Waals surface area contributed by atoms with Gasteiger partial charge in [0.25, 0.3) is 0 Å². The molecule has 5 heteroatoms. The molecule has 0 radical (unpaired) electrons. The minimum atomic E-state index is -0.614. The van der Waals surface area contributed by atoms with Gasteiger partial charge in [-0.2, -0.15) is 0 Å². The second-order valence-corrected chi connectivity index (χ2v) is 9.32. The molecule has 1 aromatic carbocycles. The molecule has 5 N–H and O–H groups in total. The van der Waals surface area contributed by atoms with Crippen LogP contribution in [-0.4, -0.2) is 51.5 Å². The lowest BCUT2D eigenvalue weighted by molar-refractivity contribution is -0.0293. The Balaban J connectivity index is 1.64. The van der Waals surface area contributed by atoms with Crippen LogP contribution in [0, 0.1) is 17.3 Å². The van der Waals surface area contributed by atoms with Crippen molar-refractivity contribution in [1.82, 2.24) is 5.32 Å². The van der Waals surface area contributed by atoms with Crippen molar-refractivity contribution in [1.29, 1.82) is 0 Å². The number of aliphatic hydroxyl groups excluding tert-OH is 4. The van der Waals surface area contributed by atoms with E-state index in [1.807, 2.05) is 31.2 Å².